The van der Waals surface area contributed by atoms with E-state index in [0.717, 1.165) is 12.8 Å². The van der Waals surface area contributed by atoms with E-state index in [4.69, 9.17) is 16.3 Å². The van der Waals surface area contributed by atoms with Gasteiger partial charge in [0.2, 0.25) is 0 Å². The minimum absolute atomic E-state index is 0.0241. The van der Waals surface area contributed by atoms with E-state index < -0.39 is 41.1 Å². The number of aromatic nitrogens is 1. The van der Waals surface area contributed by atoms with Crippen molar-refractivity contribution in [3.8, 4) is 5.75 Å². The molecule has 3 heterocycles. The normalized spacial score (nSPS) is 19.3. The number of ether oxygens (including phenoxy) is 1. The van der Waals surface area contributed by atoms with Gasteiger partial charge in [0.1, 0.15) is 24.2 Å². The lowest BCUT2D eigenvalue weighted by Crippen LogP contribution is -2.40. The SMILES string of the molecule is COC(=O)CN1C(=O)c2c3c(c(O)c(=O)n2C1C1CC1)C(=O)N(Cc1ccc(F)c(Cl)c1)CC3. The van der Waals surface area contributed by atoms with E-state index in [9.17, 15) is 28.7 Å². The van der Waals surface area contributed by atoms with Gasteiger partial charge in [-0.25, -0.2) is 4.39 Å². The fourth-order valence-electron chi connectivity index (χ4n) is 4.83. The highest BCUT2D eigenvalue weighted by Crippen LogP contribution is 2.46. The Labute approximate surface area is 198 Å². The number of carbonyl (C=O) groups is 3. The van der Waals surface area contributed by atoms with Crippen molar-refractivity contribution < 1.29 is 28.6 Å². The van der Waals surface area contributed by atoms with E-state index in [-0.39, 0.29) is 48.3 Å². The average Bonchev–Trinajstić information content (AvgIpc) is 3.61. The van der Waals surface area contributed by atoms with E-state index in [2.05, 4.69) is 0 Å². The zero-order valence-corrected chi connectivity index (χ0v) is 19.0. The molecule has 11 heteroatoms. The number of rotatable bonds is 5. The van der Waals surface area contributed by atoms with Crippen LogP contribution >= 0.6 is 11.6 Å². The van der Waals surface area contributed by atoms with Crippen molar-refractivity contribution >= 4 is 29.4 Å². The van der Waals surface area contributed by atoms with Crippen LogP contribution in [0.3, 0.4) is 0 Å². The number of hydrogen-bond acceptors (Lipinski definition) is 6. The Morgan fingerprint density at radius 2 is 1.97 bits per heavy atom. The Morgan fingerprint density at radius 3 is 2.62 bits per heavy atom. The summed E-state index contributed by atoms with van der Waals surface area (Å²) in [6, 6.07) is 4.10. The van der Waals surface area contributed by atoms with Gasteiger partial charge in [0.25, 0.3) is 17.4 Å². The second kappa shape index (κ2) is 8.12. The minimum Gasteiger partial charge on any atom is -0.502 e. The third-order valence-corrected chi connectivity index (χ3v) is 6.88. The number of benzene rings is 1. The summed E-state index contributed by atoms with van der Waals surface area (Å²) in [7, 11) is 1.21. The molecule has 1 aliphatic carbocycles. The summed E-state index contributed by atoms with van der Waals surface area (Å²) in [5, 5.41) is 10.7. The van der Waals surface area contributed by atoms with Crippen molar-refractivity contribution in [2.75, 3.05) is 20.2 Å². The molecule has 1 atom stereocenters. The number of hydrogen-bond donors (Lipinski definition) is 1. The molecule has 1 aromatic heterocycles. The molecule has 3 aliphatic rings. The van der Waals surface area contributed by atoms with Gasteiger partial charge in [-0.05, 0) is 42.9 Å². The minimum atomic E-state index is -0.841. The lowest BCUT2D eigenvalue weighted by molar-refractivity contribution is -0.142. The molecular weight excluding hydrogens is 469 g/mol. The van der Waals surface area contributed by atoms with Crippen LogP contribution in [0.1, 0.15) is 51.0 Å². The van der Waals surface area contributed by atoms with Crippen LogP contribution in [0.2, 0.25) is 5.02 Å². The van der Waals surface area contributed by atoms with E-state index in [1.54, 1.807) is 0 Å². The molecule has 1 N–H and O–H groups in total. The van der Waals surface area contributed by atoms with Gasteiger partial charge in [-0.1, -0.05) is 17.7 Å². The fourth-order valence-corrected chi connectivity index (χ4v) is 5.03. The first-order chi connectivity index (χ1) is 16.2. The van der Waals surface area contributed by atoms with Gasteiger partial charge in [0, 0.05) is 18.7 Å². The Morgan fingerprint density at radius 1 is 1.24 bits per heavy atom. The fraction of sp³-hybridized carbons (Fsp3) is 0.391. The second-order valence-corrected chi connectivity index (χ2v) is 9.12. The smallest absolute Gasteiger partial charge is 0.325 e. The van der Waals surface area contributed by atoms with Gasteiger partial charge in [0.15, 0.2) is 5.75 Å². The first kappa shape index (κ1) is 22.4. The molecule has 2 amide bonds. The molecule has 0 radical (unpaired) electrons. The second-order valence-electron chi connectivity index (χ2n) is 8.71. The van der Waals surface area contributed by atoms with Crippen molar-refractivity contribution in [3.05, 3.63) is 61.8 Å². The summed E-state index contributed by atoms with van der Waals surface area (Å²) in [5.41, 5.74) is -0.144. The highest BCUT2D eigenvalue weighted by Gasteiger charge is 2.50. The summed E-state index contributed by atoms with van der Waals surface area (Å²) in [6.45, 7) is -0.0361. The molecule has 2 aromatic rings. The monoisotopic (exact) mass is 489 g/mol. The summed E-state index contributed by atoms with van der Waals surface area (Å²) >= 11 is 5.84. The van der Waals surface area contributed by atoms with E-state index >= 15 is 0 Å². The van der Waals surface area contributed by atoms with Gasteiger partial charge in [0.05, 0.1) is 17.7 Å². The zero-order valence-electron chi connectivity index (χ0n) is 18.2. The molecule has 1 fully saturated rings. The zero-order chi connectivity index (χ0) is 24.3. The lowest BCUT2D eigenvalue weighted by atomic mass is 9.95. The van der Waals surface area contributed by atoms with Crippen LogP contribution < -0.4 is 5.56 Å². The molecular formula is C23H21ClFN3O6. The third-order valence-electron chi connectivity index (χ3n) is 6.60. The van der Waals surface area contributed by atoms with Gasteiger partial charge in [-0.3, -0.25) is 23.7 Å². The average molecular weight is 490 g/mol. The molecule has 34 heavy (non-hydrogen) atoms. The quantitative estimate of drug-likeness (QED) is 0.644. The third kappa shape index (κ3) is 3.44. The number of nitrogens with zero attached hydrogens (tertiary/aromatic N) is 3. The Balaban J connectivity index is 1.55. The Hall–Kier alpha value is -3.40. The van der Waals surface area contributed by atoms with Crippen molar-refractivity contribution in [1.29, 1.82) is 0 Å². The number of amides is 2. The molecule has 1 aromatic carbocycles. The molecule has 178 valence electrons. The Kier molecular flexibility index (Phi) is 5.35. The standard InChI is InChI=1S/C23H21ClFN3O6/c1-34-16(29)10-27-20(12-3-4-12)28-18(22(27)32)13-6-7-26(21(31)17(13)19(30)23(28)33)9-11-2-5-15(25)14(24)8-11/h2,5,8,12,20,30H,3-4,6-7,9-10H2,1H3. The number of methoxy groups -OCH3 is 1. The van der Waals surface area contributed by atoms with Crippen LogP contribution in [0.4, 0.5) is 4.39 Å². The van der Waals surface area contributed by atoms with Crippen LogP contribution in [0.25, 0.3) is 0 Å². The molecule has 5 rings (SSSR count). The number of carbonyl (C=O) groups excluding carboxylic acids is 3. The summed E-state index contributed by atoms with van der Waals surface area (Å²) < 4.78 is 19.4. The van der Waals surface area contributed by atoms with Crippen molar-refractivity contribution in [3.63, 3.8) is 0 Å². The van der Waals surface area contributed by atoms with Crippen LogP contribution in [-0.2, 0) is 22.5 Å². The predicted octanol–water partition coefficient (Wildman–Crippen LogP) is 2.08. The van der Waals surface area contributed by atoms with E-state index in [1.165, 1.54) is 39.7 Å². The molecule has 0 spiro atoms. The predicted molar refractivity (Wildman–Crippen MR) is 117 cm³/mol. The van der Waals surface area contributed by atoms with Gasteiger partial charge >= 0.3 is 5.97 Å². The van der Waals surface area contributed by atoms with Crippen LogP contribution in [0.15, 0.2) is 23.0 Å². The molecule has 2 aliphatic heterocycles. The largest absolute Gasteiger partial charge is 0.502 e. The van der Waals surface area contributed by atoms with Crippen molar-refractivity contribution in [2.24, 2.45) is 5.92 Å². The van der Waals surface area contributed by atoms with Gasteiger partial charge in [-0.15, -0.1) is 0 Å². The maximum atomic E-state index is 13.5. The van der Waals surface area contributed by atoms with Crippen molar-refractivity contribution in [2.45, 2.75) is 32.0 Å². The highest BCUT2D eigenvalue weighted by molar-refractivity contribution is 6.30. The number of fused-ring (bicyclic) bond motifs is 3. The molecule has 1 unspecified atom stereocenters. The van der Waals surface area contributed by atoms with Gasteiger partial charge in [-0.2, -0.15) is 0 Å². The first-order valence-corrected chi connectivity index (χ1v) is 11.2. The number of aromatic hydroxyl groups is 1. The first-order valence-electron chi connectivity index (χ1n) is 10.8. The number of esters is 1. The van der Waals surface area contributed by atoms with E-state index in [1.807, 2.05) is 0 Å². The van der Waals surface area contributed by atoms with Gasteiger partial charge < -0.3 is 19.6 Å². The number of halogens is 2. The molecule has 0 saturated heterocycles. The number of pyridine rings is 1. The summed E-state index contributed by atoms with van der Waals surface area (Å²) in [4.78, 5) is 54.5. The summed E-state index contributed by atoms with van der Waals surface area (Å²) in [5.74, 6) is -3.10. The topological polar surface area (TPSA) is 109 Å². The summed E-state index contributed by atoms with van der Waals surface area (Å²) in [6.07, 6.45) is 1.05. The maximum absolute atomic E-state index is 13.5. The molecule has 1 saturated carbocycles. The van der Waals surface area contributed by atoms with E-state index in [0.29, 0.717) is 11.1 Å². The van der Waals surface area contributed by atoms with Crippen LogP contribution in [-0.4, -0.2) is 57.5 Å². The maximum Gasteiger partial charge on any atom is 0.325 e. The van der Waals surface area contributed by atoms with Crippen LogP contribution in [0, 0.1) is 11.7 Å². The highest BCUT2D eigenvalue weighted by atomic mass is 35.5. The van der Waals surface area contributed by atoms with Crippen molar-refractivity contribution in [1.82, 2.24) is 14.4 Å². The molecule has 9 nitrogen and oxygen atoms in total. The van der Waals surface area contributed by atoms with Crippen LogP contribution in [0.5, 0.6) is 5.75 Å². The Bertz CT molecular complexity index is 1300. The molecule has 0 bridgehead atoms. The lowest BCUT2D eigenvalue weighted by Gasteiger charge is -2.30.